The van der Waals surface area contributed by atoms with Crippen molar-refractivity contribution in [3.63, 3.8) is 0 Å². The number of thiocarbonyl (C=S) groups is 1. The Kier molecular flexibility index (Phi) is 9.19. The fourth-order valence-corrected chi connectivity index (χ4v) is 5.48. The predicted octanol–water partition coefficient (Wildman–Crippen LogP) is 5.24. The fourth-order valence-electron chi connectivity index (χ4n) is 4.88. The van der Waals surface area contributed by atoms with E-state index in [2.05, 4.69) is 28.7 Å². The Morgan fingerprint density at radius 3 is 2.53 bits per heavy atom. The summed E-state index contributed by atoms with van der Waals surface area (Å²) in [7, 11) is 1.80. The van der Waals surface area contributed by atoms with Crippen LogP contribution in [0.25, 0.3) is 0 Å². The van der Waals surface area contributed by atoms with Crippen molar-refractivity contribution in [3.8, 4) is 11.9 Å². The molecule has 1 aliphatic heterocycles. The number of nitrogens with zero attached hydrogens (tertiary/aromatic N) is 6. The van der Waals surface area contributed by atoms with E-state index in [1.807, 2.05) is 23.1 Å². The molecule has 0 atom stereocenters. The molecule has 1 saturated carbocycles. The van der Waals surface area contributed by atoms with Crippen LogP contribution in [-0.4, -0.2) is 64.6 Å². The van der Waals surface area contributed by atoms with Gasteiger partial charge in [0.05, 0.1) is 28.8 Å². The SMILES string of the molecule is CC(C)CCN1CCC(Oc2ccc(N(C(=S)N(C)c3cnc(C#N)c(Cl)c3)C3(C=O)CCC3)cn2)CC1. The second-order valence-electron chi connectivity index (χ2n) is 10.6. The fraction of sp³-hybridized carbons (Fsp3) is 0.536. The zero-order chi connectivity index (χ0) is 27.3. The van der Waals surface area contributed by atoms with Crippen LogP contribution in [0.1, 0.15) is 58.1 Å². The summed E-state index contributed by atoms with van der Waals surface area (Å²) in [5, 5.41) is 9.81. The largest absolute Gasteiger partial charge is 0.474 e. The highest BCUT2D eigenvalue weighted by atomic mass is 35.5. The van der Waals surface area contributed by atoms with Crippen molar-refractivity contribution in [1.82, 2.24) is 14.9 Å². The molecule has 2 aromatic rings. The first-order chi connectivity index (χ1) is 18.3. The van der Waals surface area contributed by atoms with E-state index >= 15 is 0 Å². The summed E-state index contributed by atoms with van der Waals surface area (Å²) < 4.78 is 6.21. The highest BCUT2D eigenvalue weighted by Crippen LogP contribution is 2.40. The number of nitriles is 1. The van der Waals surface area contributed by atoms with Gasteiger partial charge in [-0.25, -0.2) is 9.97 Å². The lowest BCUT2D eigenvalue weighted by Gasteiger charge is -2.48. The molecule has 10 heteroatoms. The Balaban J connectivity index is 1.47. The Labute approximate surface area is 235 Å². The lowest BCUT2D eigenvalue weighted by atomic mass is 9.76. The number of carbonyl (C=O) groups excluding carboxylic acids is 1. The monoisotopic (exact) mass is 554 g/mol. The van der Waals surface area contributed by atoms with Crippen LogP contribution >= 0.6 is 23.8 Å². The summed E-state index contributed by atoms with van der Waals surface area (Å²) in [6.45, 7) is 7.75. The summed E-state index contributed by atoms with van der Waals surface area (Å²) in [6, 6.07) is 7.38. The van der Waals surface area contributed by atoms with Crippen LogP contribution < -0.4 is 14.5 Å². The van der Waals surface area contributed by atoms with Gasteiger partial charge in [-0.1, -0.05) is 25.4 Å². The number of rotatable bonds is 9. The second kappa shape index (κ2) is 12.4. The minimum Gasteiger partial charge on any atom is -0.474 e. The number of aromatic nitrogens is 2. The van der Waals surface area contributed by atoms with Crippen LogP contribution in [0.2, 0.25) is 5.02 Å². The summed E-state index contributed by atoms with van der Waals surface area (Å²) in [6.07, 6.45) is 9.93. The number of carbonyl (C=O) groups is 1. The molecule has 0 amide bonds. The third-order valence-corrected chi connectivity index (χ3v) is 8.25. The van der Waals surface area contributed by atoms with E-state index in [9.17, 15) is 4.79 Å². The first kappa shape index (κ1) is 28.2. The molecular weight excluding hydrogens is 520 g/mol. The predicted molar refractivity (Wildman–Crippen MR) is 154 cm³/mol. The lowest BCUT2D eigenvalue weighted by Crippen LogP contribution is -2.60. The standard InChI is InChI=1S/C28H35ClN6O2S/c1-20(2)7-12-34-13-8-23(9-14-34)37-26-6-5-21(17-32-26)35(28(19-36)10-4-11-28)27(38)33(3)22-15-24(29)25(16-30)31-18-22/h5-6,15,17-20,23H,4,7-14H2,1-3H3. The molecule has 0 bridgehead atoms. The van der Waals surface area contributed by atoms with Gasteiger partial charge in [0.25, 0.3) is 0 Å². The zero-order valence-electron chi connectivity index (χ0n) is 22.3. The van der Waals surface area contributed by atoms with Gasteiger partial charge >= 0.3 is 0 Å². The number of hydrogen-bond donors (Lipinski definition) is 0. The molecule has 0 radical (unpaired) electrons. The van der Waals surface area contributed by atoms with Crippen LogP contribution in [0, 0.1) is 17.2 Å². The third kappa shape index (κ3) is 6.25. The number of anilines is 2. The molecule has 4 rings (SSSR count). The smallest absolute Gasteiger partial charge is 0.213 e. The number of likely N-dealkylation sites (tertiary alicyclic amines) is 1. The average molecular weight is 555 g/mol. The topological polar surface area (TPSA) is 85.6 Å². The van der Waals surface area contributed by atoms with E-state index in [-0.39, 0.29) is 16.8 Å². The van der Waals surface area contributed by atoms with Crippen LogP contribution in [0.5, 0.6) is 5.88 Å². The number of halogens is 1. The van der Waals surface area contributed by atoms with Gasteiger partial charge < -0.3 is 24.2 Å². The molecular formula is C28H35ClN6O2S. The van der Waals surface area contributed by atoms with Crippen molar-refractivity contribution in [2.24, 2.45) is 5.92 Å². The van der Waals surface area contributed by atoms with E-state index in [4.69, 9.17) is 33.8 Å². The zero-order valence-corrected chi connectivity index (χ0v) is 23.8. The van der Waals surface area contributed by atoms with Gasteiger partial charge in [-0.15, -0.1) is 0 Å². The molecule has 2 fully saturated rings. The van der Waals surface area contributed by atoms with Gasteiger partial charge in [0.2, 0.25) is 5.88 Å². The maximum atomic E-state index is 12.3. The molecule has 3 heterocycles. The van der Waals surface area contributed by atoms with Crippen LogP contribution in [-0.2, 0) is 4.79 Å². The Morgan fingerprint density at radius 1 is 1.29 bits per heavy atom. The molecule has 1 saturated heterocycles. The van der Waals surface area contributed by atoms with E-state index in [1.54, 1.807) is 30.4 Å². The molecule has 2 aromatic heterocycles. The quantitative estimate of drug-likeness (QED) is 0.305. The first-order valence-corrected chi connectivity index (χ1v) is 14.0. The summed E-state index contributed by atoms with van der Waals surface area (Å²) in [5.74, 6) is 1.29. The molecule has 1 aliphatic carbocycles. The van der Waals surface area contributed by atoms with Gasteiger partial charge in [0, 0.05) is 26.2 Å². The third-order valence-electron chi connectivity index (χ3n) is 7.51. The molecule has 0 N–H and O–H groups in total. The highest BCUT2D eigenvalue weighted by Gasteiger charge is 2.45. The van der Waals surface area contributed by atoms with E-state index in [0.717, 1.165) is 56.8 Å². The Hall–Kier alpha value is -2.80. The molecule has 0 unspecified atom stereocenters. The second-order valence-corrected chi connectivity index (χ2v) is 11.4. The minimum atomic E-state index is -0.734. The molecule has 2 aliphatic rings. The summed E-state index contributed by atoms with van der Waals surface area (Å²) in [5.41, 5.74) is 0.757. The van der Waals surface area contributed by atoms with Crippen molar-refractivity contribution in [2.75, 3.05) is 36.5 Å². The maximum absolute atomic E-state index is 12.3. The molecule has 8 nitrogen and oxygen atoms in total. The molecule has 202 valence electrons. The highest BCUT2D eigenvalue weighted by molar-refractivity contribution is 7.80. The number of pyridine rings is 2. The molecule has 0 spiro atoms. The van der Waals surface area contributed by atoms with Crippen LogP contribution in [0.4, 0.5) is 11.4 Å². The first-order valence-electron chi connectivity index (χ1n) is 13.2. The number of aldehydes is 1. The molecule has 0 aromatic carbocycles. The Bertz CT molecular complexity index is 1170. The number of piperidine rings is 1. The normalized spacial score (nSPS) is 17.4. The van der Waals surface area contributed by atoms with Crippen molar-refractivity contribution in [1.29, 1.82) is 5.26 Å². The van der Waals surface area contributed by atoms with E-state index in [0.29, 0.717) is 29.5 Å². The van der Waals surface area contributed by atoms with Gasteiger partial charge in [0.15, 0.2) is 10.8 Å². The van der Waals surface area contributed by atoms with Crippen molar-refractivity contribution < 1.29 is 9.53 Å². The van der Waals surface area contributed by atoms with E-state index < -0.39 is 5.54 Å². The Morgan fingerprint density at radius 2 is 2.00 bits per heavy atom. The van der Waals surface area contributed by atoms with Crippen LogP contribution in [0.3, 0.4) is 0 Å². The van der Waals surface area contributed by atoms with Gasteiger partial charge in [-0.05, 0) is 75.3 Å². The summed E-state index contributed by atoms with van der Waals surface area (Å²) in [4.78, 5) is 27.2. The maximum Gasteiger partial charge on any atom is 0.213 e. The number of hydrogen-bond acceptors (Lipinski definition) is 7. The van der Waals surface area contributed by atoms with E-state index in [1.165, 1.54) is 6.42 Å². The average Bonchev–Trinajstić information content (AvgIpc) is 2.90. The minimum absolute atomic E-state index is 0.147. The van der Waals surface area contributed by atoms with Crippen molar-refractivity contribution in [3.05, 3.63) is 41.3 Å². The van der Waals surface area contributed by atoms with Crippen LogP contribution in [0.15, 0.2) is 30.6 Å². The number of ether oxygens (including phenoxy) is 1. The lowest BCUT2D eigenvalue weighted by molar-refractivity contribution is -0.114. The van der Waals surface area contributed by atoms with Crippen molar-refractivity contribution in [2.45, 2.75) is 64.0 Å². The van der Waals surface area contributed by atoms with Gasteiger partial charge in [-0.2, -0.15) is 5.26 Å². The van der Waals surface area contributed by atoms with Gasteiger partial charge in [-0.3, -0.25) is 0 Å². The van der Waals surface area contributed by atoms with Gasteiger partial charge in [0.1, 0.15) is 24.0 Å². The summed E-state index contributed by atoms with van der Waals surface area (Å²) >= 11 is 12.1. The van der Waals surface area contributed by atoms with Crippen molar-refractivity contribution >= 4 is 46.6 Å². The molecule has 38 heavy (non-hydrogen) atoms.